The fourth-order valence-electron chi connectivity index (χ4n) is 0.442. The normalized spacial score (nSPS) is 13.1. The Morgan fingerprint density at radius 3 is 2.27 bits per heavy atom. The van der Waals surface area contributed by atoms with Gasteiger partial charge in [-0.25, -0.2) is 4.79 Å². The molecular weight excluding hydrogens is 173 g/mol. The molecule has 5 N–H and O–H groups in total. The smallest absolute Gasteiger partial charge is 0.331 e. The topological polar surface area (TPSA) is 121 Å². The van der Waals surface area contributed by atoms with Gasteiger partial charge in [0.25, 0.3) is 0 Å². The van der Waals surface area contributed by atoms with Crippen molar-refractivity contribution in [1.82, 2.24) is 0 Å². The van der Waals surface area contributed by atoms with Crippen molar-refractivity contribution in [3.8, 4) is 0 Å². The largest absolute Gasteiger partial charge is 0.478 e. The molecule has 0 spiro atoms. The molecular formula is C4H8NO5P. The van der Waals surface area contributed by atoms with Crippen molar-refractivity contribution in [2.45, 2.75) is 0 Å². The van der Waals surface area contributed by atoms with Gasteiger partial charge in [0.2, 0.25) is 0 Å². The molecule has 0 radical (unpaired) electrons. The van der Waals surface area contributed by atoms with Crippen molar-refractivity contribution in [1.29, 1.82) is 0 Å². The lowest BCUT2D eigenvalue weighted by molar-refractivity contribution is -0.131. The van der Waals surface area contributed by atoms with Crippen LogP contribution in [0.1, 0.15) is 0 Å². The van der Waals surface area contributed by atoms with Crippen molar-refractivity contribution in [2.75, 3.05) is 6.16 Å². The van der Waals surface area contributed by atoms with Crippen LogP contribution in [-0.4, -0.2) is 27.0 Å². The molecule has 0 bridgehead atoms. The Labute approximate surface area is 62.5 Å². The third-order valence-corrected chi connectivity index (χ3v) is 1.47. The zero-order valence-electron chi connectivity index (χ0n) is 5.47. The number of nitrogens with two attached hydrogens (primary N) is 1. The van der Waals surface area contributed by atoms with E-state index in [-0.39, 0.29) is 5.70 Å². The minimum absolute atomic E-state index is 0.342. The van der Waals surface area contributed by atoms with E-state index in [1.807, 2.05) is 0 Å². The summed E-state index contributed by atoms with van der Waals surface area (Å²) >= 11 is 0. The van der Waals surface area contributed by atoms with Crippen molar-refractivity contribution in [2.24, 2.45) is 5.73 Å². The van der Waals surface area contributed by atoms with Gasteiger partial charge in [0.05, 0.1) is 6.16 Å². The first-order valence-electron chi connectivity index (χ1n) is 2.55. The molecule has 0 unspecified atom stereocenters. The van der Waals surface area contributed by atoms with E-state index in [0.717, 1.165) is 0 Å². The highest BCUT2D eigenvalue weighted by Crippen LogP contribution is 2.35. The van der Waals surface area contributed by atoms with Gasteiger partial charge in [-0.1, -0.05) is 0 Å². The Morgan fingerprint density at radius 2 is 2.00 bits per heavy atom. The number of hydrogen-bond acceptors (Lipinski definition) is 3. The van der Waals surface area contributed by atoms with Gasteiger partial charge >= 0.3 is 13.6 Å². The average molecular weight is 181 g/mol. The van der Waals surface area contributed by atoms with Crippen molar-refractivity contribution in [3.63, 3.8) is 0 Å². The van der Waals surface area contributed by atoms with Crippen LogP contribution in [0.3, 0.4) is 0 Å². The number of hydrogen-bond donors (Lipinski definition) is 4. The highest BCUT2D eigenvalue weighted by Gasteiger charge is 2.14. The Balaban J connectivity index is 4.19. The molecule has 11 heavy (non-hydrogen) atoms. The second-order valence-electron chi connectivity index (χ2n) is 1.88. The second kappa shape index (κ2) is 3.52. The lowest BCUT2D eigenvalue weighted by atomic mass is 10.4. The molecule has 0 aromatic carbocycles. The maximum Gasteiger partial charge on any atom is 0.331 e. The van der Waals surface area contributed by atoms with Gasteiger partial charge in [-0.15, -0.1) is 0 Å². The molecule has 0 heterocycles. The Hall–Kier alpha value is -0.840. The van der Waals surface area contributed by atoms with E-state index >= 15 is 0 Å². The number of carboxylic acids is 1. The molecule has 0 saturated carbocycles. The van der Waals surface area contributed by atoms with Gasteiger partial charge in [-0.05, 0) is 0 Å². The van der Waals surface area contributed by atoms with Crippen LogP contribution in [0.4, 0.5) is 0 Å². The van der Waals surface area contributed by atoms with E-state index in [1.165, 1.54) is 0 Å². The number of aliphatic carboxylic acids is 1. The molecule has 0 fully saturated rings. The Morgan fingerprint density at radius 1 is 1.55 bits per heavy atom. The van der Waals surface area contributed by atoms with Crippen LogP contribution in [0, 0.1) is 0 Å². The second-order valence-corrected chi connectivity index (χ2v) is 3.53. The van der Waals surface area contributed by atoms with Crippen molar-refractivity contribution >= 4 is 13.6 Å². The minimum atomic E-state index is -4.23. The minimum Gasteiger partial charge on any atom is -0.478 e. The summed E-state index contributed by atoms with van der Waals surface area (Å²) in [4.78, 5) is 26.5. The molecule has 0 atom stereocenters. The first-order valence-corrected chi connectivity index (χ1v) is 4.34. The van der Waals surface area contributed by atoms with E-state index in [2.05, 4.69) is 0 Å². The zero-order valence-corrected chi connectivity index (χ0v) is 6.36. The fourth-order valence-corrected chi connectivity index (χ4v) is 1.01. The molecule has 0 aliphatic rings. The van der Waals surface area contributed by atoms with Crippen LogP contribution in [0.5, 0.6) is 0 Å². The molecule has 0 saturated heterocycles. The quantitative estimate of drug-likeness (QED) is 0.330. The van der Waals surface area contributed by atoms with Gasteiger partial charge in [0.15, 0.2) is 0 Å². The molecule has 0 rings (SSSR count). The Kier molecular flexibility index (Phi) is 3.25. The van der Waals surface area contributed by atoms with Gasteiger partial charge in [-0.2, -0.15) is 0 Å². The molecule has 6 nitrogen and oxygen atoms in total. The predicted molar refractivity (Wildman–Crippen MR) is 36.8 cm³/mol. The van der Waals surface area contributed by atoms with Gasteiger partial charge < -0.3 is 20.6 Å². The summed E-state index contributed by atoms with van der Waals surface area (Å²) in [5.74, 6) is -1.32. The number of carbonyl (C=O) groups is 1. The third kappa shape index (κ3) is 7.05. The molecule has 0 aromatic heterocycles. The first kappa shape index (κ1) is 10.2. The Bertz CT molecular complexity index is 229. The average Bonchev–Trinajstić information content (AvgIpc) is 1.53. The van der Waals surface area contributed by atoms with Gasteiger partial charge in [-0.3, -0.25) is 4.57 Å². The van der Waals surface area contributed by atoms with E-state index < -0.39 is 19.7 Å². The van der Waals surface area contributed by atoms with Crippen molar-refractivity contribution in [3.05, 3.63) is 11.8 Å². The first-order chi connectivity index (χ1) is 4.81. The third-order valence-electron chi connectivity index (χ3n) is 0.697. The summed E-state index contributed by atoms with van der Waals surface area (Å²) in [5, 5.41) is 8.07. The highest BCUT2D eigenvalue weighted by atomic mass is 31.2. The predicted octanol–water partition coefficient (Wildman–Crippen LogP) is -0.909. The fraction of sp³-hybridized carbons (Fsp3) is 0.250. The SMILES string of the molecule is N/C(=C\C(=O)O)CP(=O)(O)O. The highest BCUT2D eigenvalue weighted by molar-refractivity contribution is 7.52. The van der Waals surface area contributed by atoms with Crippen LogP contribution in [0.25, 0.3) is 0 Å². The number of allylic oxidation sites excluding steroid dienone is 1. The summed E-state index contributed by atoms with van der Waals surface area (Å²) in [6, 6.07) is 0. The lowest BCUT2D eigenvalue weighted by Gasteiger charge is -2.01. The van der Waals surface area contributed by atoms with Gasteiger partial charge in [0.1, 0.15) is 0 Å². The molecule has 0 aromatic rings. The van der Waals surface area contributed by atoms with Crippen LogP contribution < -0.4 is 5.73 Å². The van der Waals surface area contributed by atoms with E-state index in [0.29, 0.717) is 6.08 Å². The lowest BCUT2D eigenvalue weighted by Crippen LogP contribution is -2.06. The maximum atomic E-state index is 10.2. The van der Waals surface area contributed by atoms with Crippen LogP contribution in [0.2, 0.25) is 0 Å². The van der Waals surface area contributed by atoms with Crippen LogP contribution >= 0.6 is 7.60 Å². The molecule has 0 amide bonds. The molecule has 64 valence electrons. The summed E-state index contributed by atoms with van der Waals surface area (Å²) < 4.78 is 10.2. The van der Waals surface area contributed by atoms with Crippen LogP contribution in [0.15, 0.2) is 11.8 Å². The zero-order chi connectivity index (χ0) is 9.07. The maximum absolute atomic E-state index is 10.2. The van der Waals surface area contributed by atoms with E-state index in [9.17, 15) is 9.36 Å². The molecule has 0 aliphatic heterocycles. The van der Waals surface area contributed by atoms with E-state index in [4.69, 9.17) is 20.6 Å². The molecule has 7 heteroatoms. The van der Waals surface area contributed by atoms with Crippen LogP contribution in [-0.2, 0) is 9.36 Å². The number of carboxylic acid groups (broad SMARTS) is 1. The van der Waals surface area contributed by atoms with Crippen molar-refractivity contribution < 1.29 is 24.3 Å². The standard InChI is InChI=1S/C4H8NO5P/c5-3(1-4(6)7)2-11(8,9)10/h1H,2,5H2,(H,6,7)(H2,8,9,10)/b3-1-. The summed E-state index contributed by atoms with van der Waals surface area (Å²) in [6.45, 7) is 0. The van der Waals surface area contributed by atoms with Gasteiger partial charge in [0, 0.05) is 11.8 Å². The van der Waals surface area contributed by atoms with E-state index in [1.54, 1.807) is 0 Å². The summed E-state index contributed by atoms with van der Waals surface area (Å²) in [7, 11) is -4.23. The molecule has 0 aliphatic carbocycles. The summed E-state index contributed by atoms with van der Waals surface area (Å²) in [6.07, 6.45) is -0.168. The monoisotopic (exact) mass is 181 g/mol. The number of rotatable bonds is 3. The summed E-state index contributed by atoms with van der Waals surface area (Å²) in [5.41, 5.74) is 4.61.